The number of hydrogen-bond donors (Lipinski definition) is 1. The van der Waals surface area contributed by atoms with Crippen LogP contribution in [0.3, 0.4) is 0 Å². The highest BCUT2D eigenvalue weighted by Gasteiger charge is 2.30. The lowest BCUT2D eigenvalue weighted by molar-refractivity contribution is 0.0856. The Kier molecular flexibility index (Phi) is 5.56. The van der Waals surface area contributed by atoms with Crippen molar-refractivity contribution in [2.45, 2.75) is 52.0 Å². The Morgan fingerprint density at radius 2 is 1.90 bits per heavy atom. The molecule has 2 aliphatic rings. The fourth-order valence-electron chi connectivity index (χ4n) is 4.19. The van der Waals surface area contributed by atoms with E-state index in [9.17, 15) is 9.59 Å². The molecule has 2 aromatic rings. The molecule has 7 heteroatoms. The van der Waals surface area contributed by atoms with E-state index < -0.39 is 0 Å². The van der Waals surface area contributed by atoms with Gasteiger partial charge in [-0.05, 0) is 58.1 Å². The molecule has 0 bridgehead atoms. The van der Waals surface area contributed by atoms with Crippen LogP contribution in [0.1, 0.15) is 53.5 Å². The van der Waals surface area contributed by atoms with E-state index in [0.717, 1.165) is 49.0 Å². The summed E-state index contributed by atoms with van der Waals surface area (Å²) in [4.78, 5) is 26.5. The van der Waals surface area contributed by atoms with Crippen LogP contribution in [-0.2, 0) is 17.6 Å². The third-order valence-corrected chi connectivity index (χ3v) is 5.78. The van der Waals surface area contributed by atoms with Gasteiger partial charge in [-0.2, -0.15) is 5.10 Å². The summed E-state index contributed by atoms with van der Waals surface area (Å²) in [6.07, 6.45) is 4.08. The van der Waals surface area contributed by atoms with Gasteiger partial charge >= 0.3 is 6.09 Å². The highest BCUT2D eigenvalue weighted by atomic mass is 16.6. The second-order valence-corrected chi connectivity index (χ2v) is 7.81. The molecule has 0 radical (unpaired) electrons. The lowest BCUT2D eigenvalue weighted by Crippen LogP contribution is -2.46. The number of piperidine rings is 1. The molecule has 29 heavy (non-hydrogen) atoms. The SMILES string of the molecule is CCOC(=O)N1CCC(NC(=O)c2nn(-c3ccc(C)cc3)c3c2CCC3)CC1. The van der Waals surface area contributed by atoms with E-state index in [1.165, 1.54) is 5.56 Å². The van der Waals surface area contributed by atoms with Crippen molar-refractivity contribution >= 4 is 12.0 Å². The number of benzene rings is 1. The van der Waals surface area contributed by atoms with E-state index in [1.807, 2.05) is 16.8 Å². The molecule has 1 aromatic heterocycles. The van der Waals surface area contributed by atoms with Gasteiger partial charge in [-0.25, -0.2) is 9.48 Å². The Morgan fingerprint density at radius 3 is 2.59 bits per heavy atom. The summed E-state index contributed by atoms with van der Waals surface area (Å²) in [6.45, 7) is 5.44. The Labute approximate surface area is 171 Å². The summed E-state index contributed by atoms with van der Waals surface area (Å²) in [5.74, 6) is -0.108. The van der Waals surface area contributed by atoms with Crippen molar-refractivity contribution in [1.82, 2.24) is 20.0 Å². The molecule has 154 valence electrons. The highest BCUT2D eigenvalue weighted by Crippen LogP contribution is 2.28. The number of fused-ring (bicyclic) bond motifs is 1. The number of hydrogen-bond acceptors (Lipinski definition) is 4. The molecular weight excluding hydrogens is 368 g/mol. The third kappa shape index (κ3) is 3.99. The monoisotopic (exact) mass is 396 g/mol. The van der Waals surface area contributed by atoms with Gasteiger partial charge < -0.3 is 15.0 Å². The first-order chi connectivity index (χ1) is 14.1. The minimum atomic E-state index is -0.271. The molecule has 4 rings (SSSR count). The predicted octanol–water partition coefficient (Wildman–Crippen LogP) is 3.02. The first-order valence-corrected chi connectivity index (χ1v) is 10.5. The summed E-state index contributed by atoms with van der Waals surface area (Å²) in [5.41, 5.74) is 4.97. The van der Waals surface area contributed by atoms with E-state index in [2.05, 4.69) is 29.5 Å². The summed E-state index contributed by atoms with van der Waals surface area (Å²) < 4.78 is 6.99. The number of likely N-dealkylation sites (tertiary alicyclic amines) is 1. The molecule has 1 aromatic carbocycles. The van der Waals surface area contributed by atoms with Crippen molar-refractivity contribution < 1.29 is 14.3 Å². The van der Waals surface area contributed by atoms with Crippen LogP contribution in [0.5, 0.6) is 0 Å². The van der Waals surface area contributed by atoms with Crippen LogP contribution in [0.2, 0.25) is 0 Å². The van der Waals surface area contributed by atoms with Crippen LogP contribution in [-0.4, -0.2) is 52.4 Å². The zero-order valence-corrected chi connectivity index (χ0v) is 17.1. The molecular formula is C22H28N4O3. The average molecular weight is 396 g/mol. The second kappa shape index (κ2) is 8.27. The first-order valence-electron chi connectivity index (χ1n) is 10.5. The molecule has 1 N–H and O–H groups in total. The minimum absolute atomic E-state index is 0.0507. The molecule has 2 amide bonds. The largest absolute Gasteiger partial charge is 0.450 e. The number of rotatable bonds is 4. The topological polar surface area (TPSA) is 76.5 Å². The number of aromatic nitrogens is 2. The summed E-state index contributed by atoms with van der Waals surface area (Å²) >= 11 is 0. The third-order valence-electron chi connectivity index (χ3n) is 5.78. The maximum absolute atomic E-state index is 13.0. The molecule has 0 unspecified atom stereocenters. The maximum atomic E-state index is 13.0. The average Bonchev–Trinajstić information content (AvgIpc) is 3.32. The Bertz CT molecular complexity index is 896. The molecule has 0 spiro atoms. The summed E-state index contributed by atoms with van der Waals surface area (Å²) in [7, 11) is 0. The molecule has 0 atom stereocenters. The molecule has 2 heterocycles. The van der Waals surface area contributed by atoms with E-state index in [-0.39, 0.29) is 18.0 Å². The Hall–Kier alpha value is -2.83. The van der Waals surface area contributed by atoms with Crippen LogP contribution in [0.15, 0.2) is 24.3 Å². The molecule has 7 nitrogen and oxygen atoms in total. The summed E-state index contributed by atoms with van der Waals surface area (Å²) in [5, 5.41) is 7.82. The normalized spacial score (nSPS) is 16.6. The van der Waals surface area contributed by atoms with Crippen LogP contribution in [0.4, 0.5) is 4.79 Å². The number of amides is 2. The van der Waals surface area contributed by atoms with Gasteiger partial charge in [0, 0.05) is 30.4 Å². The molecule has 1 aliphatic heterocycles. The van der Waals surface area contributed by atoms with E-state index in [4.69, 9.17) is 4.74 Å². The van der Waals surface area contributed by atoms with Crippen molar-refractivity contribution in [3.8, 4) is 5.69 Å². The van der Waals surface area contributed by atoms with E-state index >= 15 is 0 Å². The van der Waals surface area contributed by atoms with E-state index in [0.29, 0.717) is 25.4 Å². The van der Waals surface area contributed by atoms with Crippen LogP contribution >= 0.6 is 0 Å². The Balaban J connectivity index is 1.45. The van der Waals surface area contributed by atoms with Crippen molar-refractivity contribution in [2.24, 2.45) is 0 Å². The van der Waals surface area contributed by atoms with Gasteiger partial charge in [0.05, 0.1) is 12.3 Å². The zero-order chi connectivity index (χ0) is 20.4. The number of carbonyl (C=O) groups is 2. The standard InChI is InChI=1S/C22H28N4O3/c1-3-29-22(28)25-13-11-16(12-14-25)23-21(27)20-18-5-4-6-19(18)26(24-20)17-9-7-15(2)8-10-17/h7-10,16H,3-6,11-14H2,1-2H3,(H,23,27). The van der Waals surface area contributed by atoms with Gasteiger partial charge in [0.25, 0.3) is 5.91 Å². The van der Waals surface area contributed by atoms with Gasteiger partial charge in [0.1, 0.15) is 0 Å². The maximum Gasteiger partial charge on any atom is 0.409 e. The van der Waals surface area contributed by atoms with Crippen molar-refractivity contribution in [1.29, 1.82) is 0 Å². The van der Waals surface area contributed by atoms with Crippen LogP contribution in [0.25, 0.3) is 5.69 Å². The van der Waals surface area contributed by atoms with Gasteiger partial charge in [-0.1, -0.05) is 17.7 Å². The number of nitrogens with zero attached hydrogens (tertiary/aromatic N) is 3. The Morgan fingerprint density at radius 1 is 1.17 bits per heavy atom. The van der Waals surface area contributed by atoms with Crippen molar-refractivity contribution in [2.75, 3.05) is 19.7 Å². The van der Waals surface area contributed by atoms with Gasteiger partial charge in [-0.3, -0.25) is 4.79 Å². The van der Waals surface area contributed by atoms with Crippen molar-refractivity contribution in [3.05, 3.63) is 46.8 Å². The number of carbonyl (C=O) groups excluding carboxylic acids is 2. The van der Waals surface area contributed by atoms with Gasteiger partial charge in [-0.15, -0.1) is 0 Å². The summed E-state index contributed by atoms with van der Waals surface area (Å²) in [6, 6.07) is 8.28. The molecule has 0 saturated carbocycles. The number of nitrogens with one attached hydrogen (secondary N) is 1. The molecule has 1 aliphatic carbocycles. The predicted molar refractivity (Wildman–Crippen MR) is 109 cm³/mol. The van der Waals surface area contributed by atoms with Crippen LogP contribution in [0, 0.1) is 6.92 Å². The van der Waals surface area contributed by atoms with Gasteiger partial charge in [0.15, 0.2) is 5.69 Å². The highest BCUT2D eigenvalue weighted by molar-refractivity contribution is 5.94. The fourth-order valence-corrected chi connectivity index (χ4v) is 4.19. The van der Waals surface area contributed by atoms with E-state index in [1.54, 1.807) is 11.8 Å². The quantitative estimate of drug-likeness (QED) is 0.862. The van der Waals surface area contributed by atoms with Gasteiger partial charge in [0.2, 0.25) is 0 Å². The number of aryl methyl sites for hydroxylation is 1. The fraction of sp³-hybridized carbons (Fsp3) is 0.500. The second-order valence-electron chi connectivity index (χ2n) is 7.81. The van der Waals surface area contributed by atoms with Crippen molar-refractivity contribution in [3.63, 3.8) is 0 Å². The lowest BCUT2D eigenvalue weighted by Gasteiger charge is -2.31. The van der Waals surface area contributed by atoms with Crippen LogP contribution < -0.4 is 5.32 Å². The smallest absolute Gasteiger partial charge is 0.409 e. The first kappa shape index (κ1) is 19.5. The number of ether oxygens (including phenoxy) is 1. The zero-order valence-electron chi connectivity index (χ0n) is 17.1. The molecule has 1 fully saturated rings. The molecule has 1 saturated heterocycles. The minimum Gasteiger partial charge on any atom is -0.450 e. The lowest BCUT2D eigenvalue weighted by atomic mass is 10.0.